The standard InChI is InChI=1S/C23H23N2O.C21H28NSi.Ir/c1-5-23(4,6-2)16-12-13-24-20(14-16)19-9-7-8-17-18-11-10-15(3)25-22(18)26-21(17)19;1-23(2,3)21-16-22-20(18-12-8-5-9-13-18)15-19(21)14-17-10-6-4-7-11-17;/h7-8,10-14H,5-6H2,1-4H3;5,8-9,12,15-17H,4,6-7,10-11,14H2,1-3H3;/q2*-1;. The number of pyridine rings is 3. The Kier molecular flexibility index (Phi) is 12.3. The summed E-state index contributed by atoms with van der Waals surface area (Å²) >= 11 is 0. The van der Waals surface area contributed by atoms with Gasteiger partial charge in [0.2, 0.25) is 5.71 Å². The van der Waals surface area contributed by atoms with E-state index in [1.807, 2.05) is 43.5 Å². The Bertz CT molecular complexity index is 2020. The smallest absolute Gasteiger partial charge is 0.216 e. The largest absolute Gasteiger partial charge is 0.486 e. The van der Waals surface area contributed by atoms with Crippen LogP contribution < -0.4 is 5.19 Å². The molecule has 1 fully saturated rings. The molecular formula is C44H51IrN3OSi-2. The van der Waals surface area contributed by atoms with Crippen molar-refractivity contribution in [2.24, 2.45) is 5.92 Å². The van der Waals surface area contributed by atoms with Gasteiger partial charge in [-0.05, 0) is 77.9 Å². The fraction of sp³-hybridized carbons (Fsp3) is 0.386. The van der Waals surface area contributed by atoms with E-state index in [-0.39, 0.29) is 25.5 Å². The van der Waals surface area contributed by atoms with Gasteiger partial charge in [-0.1, -0.05) is 101 Å². The molecule has 0 spiro atoms. The summed E-state index contributed by atoms with van der Waals surface area (Å²) in [6, 6.07) is 29.6. The van der Waals surface area contributed by atoms with Crippen LogP contribution in [0.1, 0.15) is 82.5 Å². The second-order valence-corrected chi connectivity index (χ2v) is 20.2. The van der Waals surface area contributed by atoms with Gasteiger partial charge in [-0.3, -0.25) is 0 Å². The summed E-state index contributed by atoms with van der Waals surface area (Å²) in [4.78, 5) is 13.9. The van der Waals surface area contributed by atoms with Crippen LogP contribution in [0.2, 0.25) is 19.6 Å². The van der Waals surface area contributed by atoms with Gasteiger partial charge in [-0.15, -0.1) is 54.1 Å². The molecular weight excluding hydrogens is 807 g/mol. The van der Waals surface area contributed by atoms with Gasteiger partial charge < -0.3 is 14.4 Å². The molecule has 4 heterocycles. The molecule has 1 aliphatic rings. The van der Waals surface area contributed by atoms with Crippen LogP contribution >= 0.6 is 0 Å². The first-order valence-corrected chi connectivity index (χ1v) is 21.7. The quantitative estimate of drug-likeness (QED) is 0.113. The third-order valence-corrected chi connectivity index (χ3v) is 12.8. The van der Waals surface area contributed by atoms with Gasteiger partial charge in [0.25, 0.3) is 0 Å². The summed E-state index contributed by atoms with van der Waals surface area (Å²) in [6.45, 7) is 16.1. The van der Waals surface area contributed by atoms with Crippen molar-refractivity contribution in [2.45, 2.75) is 104 Å². The first-order chi connectivity index (χ1) is 23.6. The molecule has 2 aromatic carbocycles. The van der Waals surface area contributed by atoms with Crippen molar-refractivity contribution >= 4 is 35.3 Å². The Morgan fingerprint density at radius 2 is 1.64 bits per heavy atom. The zero-order valence-electron chi connectivity index (χ0n) is 30.8. The molecule has 263 valence electrons. The van der Waals surface area contributed by atoms with E-state index >= 15 is 0 Å². The zero-order valence-corrected chi connectivity index (χ0v) is 34.2. The third kappa shape index (κ3) is 8.36. The summed E-state index contributed by atoms with van der Waals surface area (Å²) in [7, 11) is -1.36. The van der Waals surface area contributed by atoms with Gasteiger partial charge in [0.05, 0.1) is 13.7 Å². The second kappa shape index (κ2) is 16.3. The number of aryl methyl sites for hydroxylation is 1. The van der Waals surface area contributed by atoms with E-state index in [4.69, 9.17) is 9.40 Å². The fourth-order valence-corrected chi connectivity index (χ4v) is 8.84. The number of hydrogen-bond donors (Lipinski definition) is 0. The molecule has 0 aliphatic heterocycles. The molecule has 0 unspecified atom stereocenters. The first-order valence-electron chi connectivity index (χ1n) is 18.2. The van der Waals surface area contributed by atoms with E-state index in [9.17, 15) is 0 Å². The first kappa shape index (κ1) is 37.8. The molecule has 50 heavy (non-hydrogen) atoms. The molecule has 1 saturated carbocycles. The van der Waals surface area contributed by atoms with Crippen molar-refractivity contribution in [3.63, 3.8) is 0 Å². The Labute approximate surface area is 313 Å². The van der Waals surface area contributed by atoms with Crippen LogP contribution in [-0.4, -0.2) is 23.0 Å². The monoisotopic (exact) mass is 858 g/mol. The summed E-state index contributed by atoms with van der Waals surface area (Å²) in [5.41, 5.74) is 9.43. The molecule has 0 saturated heterocycles. The van der Waals surface area contributed by atoms with Crippen LogP contribution in [0.15, 0.2) is 83.5 Å². The van der Waals surface area contributed by atoms with Crippen molar-refractivity contribution < 1.29 is 24.5 Å². The van der Waals surface area contributed by atoms with Crippen LogP contribution in [-0.2, 0) is 31.9 Å². The fourth-order valence-electron chi connectivity index (χ4n) is 7.25. The number of fused-ring (bicyclic) bond motifs is 3. The number of benzene rings is 2. The molecule has 6 aromatic rings. The SMILES string of the molecule is CCC(C)(CC)c1ccnc(-c2[c-]ccc3c2oc2nc(C)ccc23)c1.C[Si](C)(C)c1cnc(-c2[c-]cccc2)cc1CC1CCCCC1.[Ir]. The summed E-state index contributed by atoms with van der Waals surface area (Å²) in [5.74, 6) is 0.869. The van der Waals surface area contributed by atoms with Gasteiger partial charge in [0, 0.05) is 43.6 Å². The average molecular weight is 858 g/mol. The molecule has 1 radical (unpaired) electrons. The van der Waals surface area contributed by atoms with E-state index in [2.05, 4.69) is 105 Å². The Hall–Kier alpha value is -3.44. The number of rotatable bonds is 8. The summed E-state index contributed by atoms with van der Waals surface area (Å²) < 4.78 is 6.11. The van der Waals surface area contributed by atoms with Gasteiger partial charge >= 0.3 is 0 Å². The van der Waals surface area contributed by atoms with Crippen molar-refractivity contribution in [3.8, 4) is 22.5 Å². The van der Waals surface area contributed by atoms with Crippen LogP contribution in [0.5, 0.6) is 0 Å². The number of aromatic nitrogens is 3. The maximum absolute atomic E-state index is 6.11. The number of nitrogens with zero attached hydrogens (tertiary/aromatic N) is 3. The average Bonchev–Trinajstić information content (AvgIpc) is 3.49. The zero-order chi connectivity index (χ0) is 34.6. The van der Waals surface area contributed by atoms with Crippen molar-refractivity contribution in [1.29, 1.82) is 0 Å². The molecule has 0 amide bonds. The topological polar surface area (TPSA) is 51.8 Å². The van der Waals surface area contributed by atoms with Crippen molar-refractivity contribution in [3.05, 3.63) is 108 Å². The molecule has 6 heteroatoms. The second-order valence-electron chi connectivity index (χ2n) is 15.2. The normalized spacial score (nSPS) is 13.9. The Morgan fingerprint density at radius 1 is 0.860 bits per heavy atom. The van der Waals surface area contributed by atoms with E-state index in [1.165, 1.54) is 44.1 Å². The van der Waals surface area contributed by atoms with E-state index in [1.54, 1.807) is 10.8 Å². The number of hydrogen-bond acceptors (Lipinski definition) is 4. The molecule has 0 N–H and O–H groups in total. The maximum atomic E-state index is 6.11. The predicted octanol–water partition coefficient (Wildman–Crippen LogP) is 11.4. The minimum Gasteiger partial charge on any atom is -0.486 e. The van der Waals surface area contributed by atoms with Crippen LogP contribution in [0.3, 0.4) is 0 Å². The predicted molar refractivity (Wildman–Crippen MR) is 208 cm³/mol. The maximum Gasteiger partial charge on any atom is 0.216 e. The van der Waals surface area contributed by atoms with Gasteiger partial charge in [0.15, 0.2) is 0 Å². The molecule has 4 aromatic heterocycles. The van der Waals surface area contributed by atoms with E-state index < -0.39 is 8.07 Å². The number of furan rings is 1. The van der Waals surface area contributed by atoms with Crippen LogP contribution in [0, 0.1) is 25.0 Å². The molecule has 0 atom stereocenters. The van der Waals surface area contributed by atoms with Gasteiger partial charge in [0.1, 0.15) is 0 Å². The third-order valence-electron chi connectivity index (χ3n) is 10.7. The minimum absolute atomic E-state index is 0. The van der Waals surface area contributed by atoms with Gasteiger partial charge in [-0.2, -0.15) is 0 Å². The molecule has 0 bridgehead atoms. The molecule has 7 rings (SSSR count). The summed E-state index contributed by atoms with van der Waals surface area (Å²) in [6.07, 6.45) is 14.5. The molecule has 4 nitrogen and oxygen atoms in total. The van der Waals surface area contributed by atoms with Crippen molar-refractivity contribution in [2.75, 3.05) is 0 Å². The summed E-state index contributed by atoms with van der Waals surface area (Å²) in [5, 5.41) is 3.63. The van der Waals surface area contributed by atoms with Crippen molar-refractivity contribution in [1.82, 2.24) is 15.0 Å². The minimum atomic E-state index is -1.36. The van der Waals surface area contributed by atoms with Crippen LogP contribution in [0.4, 0.5) is 0 Å². The Morgan fingerprint density at radius 3 is 2.34 bits per heavy atom. The van der Waals surface area contributed by atoms with E-state index in [0.29, 0.717) is 5.71 Å². The van der Waals surface area contributed by atoms with Crippen LogP contribution in [0.25, 0.3) is 44.6 Å². The van der Waals surface area contributed by atoms with Gasteiger partial charge in [-0.25, -0.2) is 4.98 Å². The Balaban J connectivity index is 0.000000192. The van der Waals surface area contributed by atoms with E-state index in [0.717, 1.165) is 63.3 Å². The molecule has 1 aliphatic carbocycles.